The minimum Gasteiger partial charge on any atom is -0.435 e. The van der Waals surface area contributed by atoms with E-state index < -0.39 is 6.61 Å². The largest absolute Gasteiger partial charge is 0.435 e. The number of amides is 1. The van der Waals surface area contributed by atoms with Crippen LogP contribution in [-0.2, 0) is 12.8 Å². The number of hydrogen-bond acceptors (Lipinski definition) is 4. The Kier molecular flexibility index (Phi) is 4.56. The lowest BCUT2D eigenvalue weighted by molar-refractivity contribution is -0.0498. The summed E-state index contributed by atoms with van der Waals surface area (Å²) in [7, 11) is 0. The number of aromatic nitrogens is 1. The number of fused-ring (bicyclic) bond motifs is 1. The molecule has 1 aliphatic carbocycles. The highest BCUT2D eigenvalue weighted by Gasteiger charge is 2.20. The molecule has 122 valence electrons. The predicted molar refractivity (Wildman–Crippen MR) is 84.3 cm³/mol. The summed E-state index contributed by atoms with van der Waals surface area (Å²) in [5.41, 5.74) is 1.44. The van der Waals surface area contributed by atoms with Gasteiger partial charge in [-0.05, 0) is 49.4 Å². The van der Waals surface area contributed by atoms with Crippen LogP contribution >= 0.6 is 11.3 Å². The van der Waals surface area contributed by atoms with E-state index in [4.69, 9.17) is 0 Å². The second-order valence-electron chi connectivity index (χ2n) is 5.59. The maximum atomic E-state index is 12.2. The lowest BCUT2D eigenvalue weighted by atomic mass is 9.93. The Bertz CT molecular complexity index is 701. The number of rotatable bonds is 4. The molecular weight excluding hydrogens is 322 g/mol. The van der Waals surface area contributed by atoms with Gasteiger partial charge in [-0.1, -0.05) is 6.92 Å². The quantitative estimate of drug-likeness (QED) is 0.912. The second-order valence-corrected chi connectivity index (χ2v) is 6.68. The summed E-state index contributed by atoms with van der Waals surface area (Å²) in [5.74, 6) is 0.358. The van der Waals surface area contributed by atoms with E-state index in [1.165, 1.54) is 40.5 Å². The number of hydrogen-bond donors (Lipinski definition) is 1. The van der Waals surface area contributed by atoms with Gasteiger partial charge in [-0.2, -0.15) is 8.78 Å². The van der Waals surface area contributed by atoms with Crippen molar-refractivity contribution < 1.29 is 18.3 Å². The van der Waals surface area contributed by atoms with Crippen LogP contribution in [0.3, 0.4) is 0 Å². The van der Waals surface area contributed by atoms with E-state index in [1.807, 2.05) is 0 Å². The molecule has 2 aromatic rings. The molecule has 1 atom stereocenters. The van der Waals surface area contributed by atoms with Crippen molar-refractivity contribution >= 4 is 22.4 Å². The van der Waals surface area contributed by atoms with E-state index in [0.29, 0.717) is 16.6 Å². The van der Waals surface area contributed by atoms with Crippen LogP contribution in [0.1, 0.15) is 34.3 Å². The van der Waals surface area contributed by atoms with Gasteiger partial charge in [0.25, 0.3) is 5.91 Å². The molecule has 0 fully saturated rings. The fourth-order valence-corrected chi connectivity index (χ4v) is 3.72. The first kappa shape index (κ1) is 15.9. The van der Waals surface area contributed by atoms with Crippen molar-refractivity contribution in [2.24, 2.45) is 5.92 Å². The molecule has 0 aliphatic heterocycles. The van der Waals surface area contributed by atoms with E-state index in [0.717, 1.165) is 25.0 Å². The summed E-state index contributed by atoms with van der Waals surface area (Å²) < 4.78 is 28.5. The number of thiazole rings is 1. The number of halogens is 2. The van der Waals surface area contributed by atoms with Crippen LogP contribution in [0.4, 0.5) is 13.9 Å². The summed E-state index contributed by atoms with van der Waals surface area (Å²) >= 11 is 1.51. The molecule has 7 heteroatoms. The number of nitrogens with one attached hydrogen (secondary N) is 1. The smallest absolute Gasteiger partial charge is 0.387 e. The van der Waals surface area contributed by atoms with Crippen molar-refractivity contribution in [2.75, 3.05) is 5.32 Å². The molecule has 1 aliphatic rings. The third-order valence-corrected chi connectivity index (χ3v) is 4.78. The van der Waals surface area contributed by atoms with Crippen LogP contribution in [0.25, 0.3) is 0 Å². The number of aryl methyl sites for hydroxylation is 1. The first-order valence-corrected chi connectivity index (χ1v) is 8.17. The minimum absolute atomic E-state index is 0.0234. The van der Waals surface area contributed by atoms with Gasteiger partial charge in [-0.3, -0.25) is 10.1 Å². The number of anilines is 1. The number of alkyl halides is 2. The monoisotopic (exact) mass is 338 g/mol. The van der Waals surface area contributed by atoms with E-state index in [-0.39, 0.29) is 11.7 Å². The Morgan fingerprint density at radius 1 is 1.39 bits per heavy atom. The van der Waals surface area contributed by atoms with Gasteiger partial charge in [0.15, 0.2) is 5.13 Å². The highest BCUT2D eigenvalue weighted by atomic mass is 32.1. The molecule has 0 saturated carbocycles. The summed E-state index contributed by atoms with van der Waals surface area (Å²) in [6.45, 7) is -0.664. The molecule has 0 spiro atoms. The van der Waals surface area contributed by atoms with Crippen molar-refractivity contribution in [3.8, 4) is 5.75 Å². The average Bonchev–Trinajstić information content (AvgIpc) is 2.88. The number of ether oxygens (including phenoxy) is 1. The van der Waals surface area contributed by atoms with E-state index in [2.05, 4.69) is 22.0 Å². The molecule has 4 nitrogen and oxygen atoms in total. The Hall–Kier alpha value is -2.02. The Morgan fingerprint density at radius 3 is 2.83 bits per heavy atom. The first-order chi connectivity index (χ1) is 11.0. The van der Waals surface area contributed by atoms with Gasteiger partial charge in [0.1, 0.15) is 5.75 Å². The maximum Gasteiger partial charge on any atom is 0.387 e. The molecule has 1 N–H and O–H groups in total. The highest BCUT2D eigenvalue weighted by Crippen LogP contribution is 2.32. The Labute approximate surface area is 136 Å². The first-order valence-electron chi connectivity index (χ1n) is 7.36. The van der Waals surface area contributed by atoms with Crippen molar-refractivity contribution in [3.05, 3.63) is 40.4 Å². The van der Waals surface area contributed by atoms with Crippen molar-refractivity contribution in [1.82, 2.24) is 4.98 Å². The Morgan fingerprint density at radius 2 is 2.13 bits per heavy atom. The zero-order valence-electron chi connectivity index (χ0n) is 12.5. The summed E-state index contributed by atoms with van der Waals surface area (Å²) in [4.78, 5) is 17.9. The third kappa shape index (κ3) is 3.85. The maximum absolute atomic E-state index is 12.2. The minimum atomic E-state index is -2.88. The van der Waals surface area contributed by atoms with Crippen molar-refractivity contribution in [3.63, 3.8) is 0 Å². The van der Waals surface area contributed by atoms with Crippen LogP contribution in [0.5, 0.6) is 5.75 Å². The van der Waals surface area contributed by atoms with Gasteiger partial charge in [-0.15, -0.1) is 11.3 Å². The highest BCUT2D eigenvalue weighted by molar-refractivity contribution is 7.15. The Balaban J connectivity index is 1.67. The summed E-state index contributed by atoms with van der Waals surface area (Å²) in [5, 5.41) is 3.36. The lowest BCUT2D eigenvalue weighted by Crippen LogP contribution is -2.12. The fraction of sp³-hybridized carbons (Fsp3) is 0.375. The van der Waals surface area contributed by atoms with Crippen LogP contribution in [0.15, 0.2) is 24.3 Å². The SMILES string of the molecule is C[C@H]1CCc2nc(NC(=O)c3ccc(OC(F)F)cc3)sc2C1. The predicted octanol–water partition coefficient (Wildman–Crippen LogP) is 4.12. The van der Waals surface area contributed by atoms with Gasteiger partial charge < -0.3 is 4.74 Å². The van der Waals surface area contributed by atoms with Crippen LogP contribution in [0.2, 0.25) is 0 Å². The van der Waals surface area contributed by atoms with Gasteiger partial charge in [-0.25, -0.2) is 4.98 Å². The fourth-order valence-electron chi connectivity index (χ4n) is 2.55. The molecule has 1 aromatic heterocycles. The number of benzene rings is 1. The molecule has 0 saturated heterocycles. The molecular formula is C16H16F2N2O2S. The molecule has 23 heavy (non-hydrogen) atoms. The van der Waals surface area contributed by atoms with Crippen LogP contribution in [-0.4, -0.2) is 17.5 Å². The average molecular weight is 338 g/mol. The van der Waals surface area contributed by atoms with Crippen LogP contribution < -0.4 is 10.1 Å². The number of nitrogens with zero attached hydrogens (tertiary/aromatic N) is 1. The zero-order valence-corrected chi connectivity index (χ0v) is 13.3. The van der Waals surface area contributed by atoms with E-state index in [9.17, 15) is 13.6 Å². The topological polar surface area (TPSA) is 51.2 Å². The van der Waals surface area contributed by atoms with Gasteiger partial charge in [0, 0.05) is 10.4 Å². The molecule has 1 heterocycles. The standard InChI is InChI=1S/C16H16F2N2O2S/c1-9-2-7-12-13(8-9)23-16(19-12)20-14(21)10-3-5-11(6-4-10)22-15(17)18/h3-6,9,15H,2,7-8H2,1H3,(H,19,20,21)/t9-/m0/s1. The van der Waals surface area contributed by atoms with Crippen LogP contribution in [0, 0.1) is 5.92 Å². The normalized spacial score (nSPS) is 17.0. The molecule has 3 rings (SSSR count). The molecule has 0 radical (unpaired) electrons. The molecule has 0 unspecified atom stereocenters. The molecule has 0 bridgehead atoms. The molecule has 1 amide bonds. The second kappa shape index (κ2) is 6.62. The lowest BCUT2D eigenvalue weighted by Gasteiger charge is -2.15. The van der Waals surface area contributed by atoms with E-state index >= 15 is 0 Å². The van der Waals surface area contributed by atoms with Gasteiger partial charge in [0.2, 0.25) is 0 Å². The summed E-state index contributed by atoms with van der Waals surface area (Å²) in [6, 6.07) is 5.58. The molecule has 1 aromatic carbocycles. The van der Waals surface area contributed by atoms with Gasteiger partial charge in [0.05, 0.1) is 5.69 Å². The number of carbonyl (C=O) groups is 1. The van der Waals surface area contributed by atoms with Crippen molar-refractivity contribution in [1.29, 1.82) is 0 Å². The van der Waals surface area contributed by atoms with E-state index in [1.54, 1.807) is 0 Å². The van der Waals surface area contributed by atoms with Gasteiger partial charge >= 0.3 is 6.61 Å². The van der Waals surface area contributed by atoms with Crippen molar-refractivity contribution in [2.45, 2.75) is 32.8 Å². The third-order valence-electron chi connectivity index (χ3n) is 3.75. The zero-order chi connectivity index (χ0) is 16.4. The summed E-state index contributed by atoms with van der Waals surface area (Å²) in [6.07, 6.45) is 3.07. The number of carbonyl (C=O) groups excluding carboxylic acids is 1.